The molecule has 0 aliphatic heterocycles. The van der Waals surface area contributed by atoms with Crippen LogP contribution in [0.1, 0.15) is 12.0 Å². The number of rotatable bonds is 6. The topological polar surface area (TPSA) is 63.2 Å². The predicted octanol–water partition coefficient (Wildman–Crippen LogP) is 1.43. The molecule has 100 valence electrons. The first-order chi connectivity index (χ1) is 8.37. The van der Waals surface area contributed by atoms with Gasteiger partial charge in [0.2, 0.25) is 5.91 Å². The molecule has 0 aliphatic rings. The number of carbonyl (C=O) groups is 1. The van der Waals surface area contributed by atoms with Crippen molar-refractivity contribution in [2.45, 2.75) is 12.8 Å². The Morgan fingerprint density at radius 3 is 2.44 bits per heavy atom. The van der Waals surface area contributed by atoms with Crippen LogP contribution < -0.4 is 5.32 Å². The Kier molecular flexibility index (Phi) is 5.62. The van der Waals surface area contributed by atoms with Crippen LogP contribution >= 0.6 is 11.6 Å². The maximum Gasteiger partial charge on any atom is 0.221 e. The van der Waals surface area contributed by atoms with Crippen molar-refractivity contribution >= 4 is 27.3 Å². The number of halogens is 1. The summed E-state index contributed by atoms with van der Waals surface area (Å²) in [5.74, 6) is -0.353. The SMILES string of the molecule is CS(=O)(=O)CCC(=O)NCCc1ccc(Cl)cc1. The summed E-state index contributed by atoms with van der Waals surface area (Å²) in [5, 5.41) is 3.36. The summed E-state index contributed by atoms with van der Waals surface area (Å²) >= 11 is 5.75. The van der Waals surface area contributed by atoms with Crippen LogP contribution in [0.15, 0.2) is 24.3 Å². The minimum absolute atomic E-state index is 0.0133. The Balaban J connectivity index is 2.25. The van der Waals surface area contributed by atoms with Crippen LogP contribution in [0.25, 0.3) is 0 Å². The number of nitrogens with one attached hydrogen (secondary N) is 1. The monoisotopic (exact) mass is 289 g/mol. The summed E-state index contributed by atoms with van der Waals surface area (Å²) in [4.78, 5) is 11.3. The van der Waals surface area contributed by atoms with Crippen LogP contribution in [-0.4, -0.2) is 32.9 Å². The van der Waals surface area contributed by atoms with E-state index in [0.717, 1.165) is 11.8 Å². The molecule has 0 atom stereocenters. The summed E-state index contributed by atoms with van der Waals surface area (Å²) in [6.45, 7) is 0.490. The maximum absolute atomic E-state index is 11.3. The van der Waals surface area contributed by atoms with Gasteiger partial charge in [-0.2, -0.15) is 0 Å². The number of benzene rings is 1. The summed E-state index contributed by atoms with van der Waals surface area (Å²) in [6, 6.07) is 7.38. The van der Waals surface area contributed by atoms with Gasteiger partial charge in [0.1, 0.15) is 9.84 Å². The van der Waals surface area contributed by atoms with Crippen molar-refractivity contribution in [2.75, 3.05) is 18.6 Å². The van der Waals surface area contributed by atoms with E-state index in [1.165, 1.54) is 0 Å². The van der Waals surface area contributed by atoms with Crippen molar-refractivity contribution in [3.05, 3.63) is 34.9 Å². The molecule has 1 aromatic rings. The van der Waals surface area contributed by atoms with E-state index in [0.29, 0.717) is 18.0 Å². The fraction of sp³-hybridized carbons (Fsp3) is 0.417. The zero-order valence-electron chi connectivity index (χ0n) is 10.1. The van der Waals surface area contributed by atoms with Crippen molar-refractivity contribution < 1.29 is 13.2 Å². The molecule has 0 saturated carbocycles. The molecular formula is C12H16ClNO3S. The molecule has 0 aromatic heterocycles. The molecule has 1 rings (SSSR count). The van der Waals surface area contributed by atoms with Gasteiger partial charge in [0.15, 0.2) is 0 Å². The van der Waals surface area contributed by atoms with Crippen LogP contribution in [-0.2, 0) is 21.1 Å². The first-order valence-electron chi connectivity index (χ1n) is 5.56. The average molecular weight is 290 g/mol. The first-order valence-corrected chi connectivity index (χ1v) is 7.99. The number of carbonyl (C=O) groups excluding carboxylic acids is 1. The zero-order valence-corrected chi connectivity index (χ0v) is 11.7. The second-order valence-corrected chi connectivity index (χ2v) is 6.80. The average Bonchev–Trinajstić information content (AvgIpc) is 2.28. The van der Waals surface area contributed by atoms with Gasteiger partial charge in [0, 0.05) is 24.2 Å². The number of hydrogen-bond donors (Lipinski definition) is 1. The molecule has 1 aromatic carbocycles. The maximum atomic E-state index is 11.3. The van der Waals surface area contributed by atoms with E-state index in [4.69, 9.17) is 11.6 Å². The Labute approximate surface area is 112 Å². The highest BCUT2D eigenvalue weighted by molar-refractivity contribution is 7.90. The lowest BCUT2D eigenvalue weighted by Gasteiger charge is -2.05. The summed E-state index contributed by atoms with van der Waals surface area (Å²) < 4.78 is 21.7. The Morgan fingerprint density at radius 2 is 1.89 bits per heavy atom. The fourth-order valence-electron chi connectivity index (χ4n) is 1.36. The Bertz CT molecular complexity index is 497. The third-order valence-corrected chi connectivity index (χ3v) is 3.55. The van der Waals surface area contributed by atoms with Gasteiger partial charge >= 0.3 is 0 Å². The van der Waals surface area contributed by atoms with Crippen molar-refractivity contribution in [3.8, 4) is 0 Å². The molecule has 0 unspecified atom stereocenters. The third-order valence-electron chi connectivity index (χ3n) is 2.35. The van der Waals surface area contributed by atoms with Crippen LogP contribution in [0.2, 0.25) is 5.02 Å². The molecule has 1 amide bonds. The van der Waals surface area contributed by atoms with E-state index in [1.54, 1.807) is 12.1 Å². The summed E-state index contributed by atoms with van der Waals surface area (Å²) in [6.07, 6.45) is 1.83. The molecule has 18 heavy (non-hydrogen) atoms. The largest absolute Gasteiger partial charge is 0.356 e. The highest BCUT2D eigenvalue weighted by atomic mass is 35.5. The lowest BCUT2D eigenvalue weighted by atomic mass is 10.1. The summed E-state index contributed by atoms with van der Waals surface area (Å²) in [7, 11) is -3.08. The van der Waals surface area contributed by atoms with Crippen molar-refractivity contribution in [1.29, 1.82) is 0 Å². The molecule has 0 aliphatic carbocycles. The zero-order chi connectivity index (χ0) is 13.6. The van der Waals surface area contributed by atoms with Crippen LogP contribution in [0.4, 0.5) is 0 Å². The molecular weight excluding hydrogens is 274 g/mol. The van der Waals surface area contributed by atoms with Gasteiger partial charge in [-0.25, -0.2) is 8.42 Å². The quantitative estimate of drug-likeness (QED) is 0.862. The summed E-state index contributed by atoms with van der Waals surface area (Å²) in [5.41, 5.74) is 1.07. The number of amides is 1. The minimum Gasteiger partial charge on any atom is -0.356 e. The molecule has 0 spiro atoms. The van der Waals surface area contributed by atoms with Gasteiger partial charge in [0.25, 0.3) is 0 Å². The normalized spacial score (nSPS) is 11.2. The molecule has 0 fully saturated rings. The number of sulfone groups is 1. The molecule has 0 radical (unpaired) electrons. The second kappa shape index (κ2) is 6.75. The van der Waals surface area contributed by atoms with E-state index >= 15 is 0 Å². The molecule has 6 heteroatoms. The Morgan fingerprint density at radius 1 is 1.28 bits per heavy atom. The Hall–Kier alpha value is -1.07. The van der Waals surface area contributed by atoms with Gasteiger partial charge in [-0.3, -0.25) is 4.79 Å². The first kappa shape index (κ1) is 15.0. The van der Waals surface area contributed by atoms with Crippen molar-refractivity contribution in [3.63, 3.8) is 0 Å². The van der Waals surface area contributed by atoms with E-state index in [1.807, 2.05) is 12.1 Å². The second-order valence-electron chi connectivity index (χ2n) is 4.11. The van der Waals surface area contributed by atoms with Crippen molar-refractivity contribution in [2.24, 2.45) is 0 Å². The van der Waals surface area contributed by atoms with Gasteiger partial charge in [-0.15, -0.1) is 0 Å². The molecule has 4 nitrogen and oxygen atoms in total. The van der Waals surface area contributed by atoms with E-state index in [9.17, 15) is 13.2 Å². The highest BCUT2D eigenvalue weighted by Crippen LogP contribution is 2.09. The van der Waals surface area contributed by atoms with Crippen LogP contribution in [0, 0.1) is 0 Å². The van der Waals surface area contributed by atoms with Gasteiger partial charge in [-0.1, -0.05) is 23.7 Å². The van der Waals surface area contributed by atoms with E-state index < -0.39 is 9.84 Å². The van der Waals surface area contributed by atoms with Crippen LogP contribution in [0.5, 0.6) is 0 Å². The smallest absolute Gasteiger partial charge is 0.221 e. The molecule has 1 N–H and O–H groups in total. The van der Waals surface area contributed by atoms with E-state index in [2.05, 4.69) is 5.32 Å². The minimum atomic E-state index is -3.08. The standard InChI is InChI=1S/C12H16ClNO3S/c1-18(16,17)9-7-12(15)14-8-6-10-2-4-11(13)5-3-10/h2-5H,6-9H2,1H3,(H,14,15). The molecule has 0 saturated heterocycles. The predicted molar refractivity (Wildman–Crippen MR) is 72.5 cm³/mol. The van der Waals surface area contributed by atoms with Gasteiger partial charge < -0.3 is 5.32 Å². The lowest BCUT2D eigenvalue weighted by Crippen LogP contribution is -2.27. The van der Waals surface area contributed by atoms with Crippen molar-refractivity contribution in [1.82, 2.24) is 5.32 Å². The molecule has 0 heterocycles. The van der Waals surface area contributed by atoms with E-state index in [-0.39, 0.29) is 18.1 Å². The third kappa shape index (κ3) is 6.61. The highest BCUT2D eigenvalue weighted by Gasteiger charge is 2.07. The fourth-order valence-corrected chi connectivity index (χ4v) is 2.05. The van der Waals surface area contributed by atoms with Gasteiger partial charge in [0.05, 0.1) is 5.75 Å². The lowest BCUT2D eigenvalue weighted by molar-refractivity contribution is -0.120. The van der Waals surface area contributed by atoms with Gasteiger partial charge in [-0.05, 0) is 24.1 Å². The van der Waals surface area contributed by atoms with Crippen LogP contribution in [0.3, 0.4) is 0 Å². The molecule has 0 bridgehead atoms. The number of hydrogen-bond acceptors (Lipinski definition) is 3.